The van der Waals surface area contributed by atoms with Crippen LogP contribution < -0.4 is 10.6 Å². The average Bonchev–Trinajstić information content (AvgIpc) is 3.08. The molecule has 2 aromatic carbocycles. The van der Waals surface area contributed by atoms with Gasteiger partial charge in [-0.1, -0.05) is 12.1 Å². The van der Waals surface area contributed by atoms with E-state index in [0.29, 0.717) is 23.1 Å². The fraction of sp³-hybridized carbons (Fsp3) is 0.100. The van der Waals surface area contributed by atoms with Crippen LogP contribution in [-0.4, -0.2) is 19.7 Å². The molecule has 5 nitrogen and oxygen atoms in total. The maximum absolute atomic E-state index is 13.7. The molecule has 0 saturated heterocycles. The van der Waals surface area contributed by atoms with Gasteiger partial charge in [0.1, 0.15) is 5.82 Å². The summed E-state index contributed by atoms with van der Waals surface area (Å²) in [5, 5.41) is 1.85. The first-order chi connectivity index (χ1) is 13.8. The summed E-state index contributed by atoms with van der Waals surface area (Å²) in [5.41, 5.74) is 6.52. The zero-order chi connectivity index (χ0) is 21.6. The number of hydrogen-bond donors (Lipinski definition) is 1. The normalized spacial score (nSPS) is 10.1. The molecular formula is C20H16F3NO4S. The molecule has 0 aliphatic carbocycles. The molecule has 0 saturated carbocycles. The predicted octanol–water partition coefficient (Wildman–Crippen LogP) is 4.97. The molecule has 0 unspecified atom stereocenters. The van der Waals surface area contributed by atoms with Crippen LogP contribution in [0.1, 0.15) is 26.3 Å². The second-order valence-electron chi connectivity index (χ2n) is 5.65. The van der Waals surface area contributed by atoms with E-state index in [9.17, 15) is 22.8 Å². The number of anilines is 1. The summed E-state index contributed by atoms with van der Waals surface area (Å²) < 4.78 is 39.7. The highest BCUT2D eigenvalue weighted by atomic mass is 32.1. The lowest BCUT2D eigenvalue weighted by molar-refractivity contribution is -0.178. The third-order valence-corrected chi connectivity index (χ3v) is 4.64. The van der Waals surface area contributed by atoms with Gasteiger partial charge in [-0.15, -0.1) is 11.3 Å². The van der Waals surface area contributed by atoms with Crippen molar-refractivity contribution in [3.05, 3.63) is 69.9 Å². The van der Waals surface area contributed by atoms with Gasteiger partial charge < -0.3 is 10.6 Å². The van der Waals surface area contributed by atoms with Crippen molar-refractivity contribution in [2.75, 3.05) is 12.8 Å². The van der Waals surface area contributed by atoms with E-state index >= 15 is 0 Å². The quantitative estimate of drug-likeness (QED) is 0.356. The van der Waals surface area contributed by atoms with Crippen LogP contribution in [0, 0.1) is 24.4 Å². The van der Waals surface area contributed by atoms with Gasteiger partial charge in [0, 0.05) is 16.5 Å². The fourth-order valence-electron chi connectivity index (χ4n) is 2.34. The molecule has 0 spiro atoms. The number of carbonyl (C=O) groups excluding carboxylic acids is 2. The summed E-state index contributed by atoms with van der Waals surface area (Å²) in [4.78, 5) is 30.1. The number of thiophene rings is 1. The molecular weight excluding hydrogens is 407 g/mol. The van der Waals surface area contributed by atoms with Gasteiger partial charge in [0.15, 0.2) is 30.0 Å². The highest BCUT2D eigenvalue weighted by molar-refractivity contribution is 7.14. The van der Waals surface area contributed by atoms with Gasteiger partial charge >= 0.3 is 0 Å². The smallest absolute Gasteiger partial charge is 0.176 e. The minimum atomic E-state index is -0.953. The van der Waals surface area contributed by atoms with E-state index in [-0.39, 0.29) is 28.0 Å². The third-order valence-electron chi connectivity index (χ3n) is 3.81. The first-order valence-electron chi connectivity index (χ1n) is 8.06. The molecule has 3 rings (SSSR count). The van der Waals surface area contributed by atoms with Gasteiger partial charge in [-0.2, -0.15) is 4.89 Å². The number of hydrogen-bond acceptors (Lipinski definition) is 6. The van der Waals surface area contributed by atoms with Crippen LogP contribution in [0.25, 0.3) is 11.1 Å². The number of rotatable bonds is 5. The lowest BCUT2D eigenvalue weighted by atomic mass is 10.0. The standard InChI is InChI=1S/C12H9F2NOS.C8H7FO3/c1-6-2-3-7(11(14)10(6)13)9-5-17-12(15)8(9)4-16;1-11-12-8-3-2-7(9)4-6(8)5-10/h2-5H,15H2,1H3;2-5H,1H3. The van der Waals surface area contributed by atoms with E-state index < -0.39 is 17.5 Å². The zero-order valence-electron chi connectivity index (χ0n) is 15.4. The topological polar surface area (TPSA) is 78.6 Å². The molecule has 0 fully saturated rings. The highest BCUT2D eigenvalue weighted by Crippen LogP contribution is 2.34. The first-order valence-corrected chi connectivity index (χ1v) is 8.94. The molecule has 0 radical (unpaired) electrons. The number of aldehydes is 2. The first kappa shape index (κ1) is 22.1. The second-order valence-corrected chi connectivity index (χ2v) is 6.56. The maximum Gasteiger partial charge on any atom is 0.176 e. The minimum Gasteiger partial charge on any atom is -0.390 e. The van der Waals surface area contributed by atoms with E-state index in [1.807, 2.05) is 0 Å². The van der Waals surface area contributed by atoms with Crippen molar-refractivity contribution < 1.29 is 32.5 Å². The molecule has 152 valence electrons. The van der Waals surface area contributed by atoms with Crippen molar-refractivity contribution in [2.24, 2.45) is 0 Å². The van der Waals surface area contributed by atoms with E-state index in [2.05, 4.69) is 9.78 Å². The van der Waals surface area contributed by atoms with Gasteiger partial charge in [0.2, 0.25) is 0 Å². The summed E-state index contributed by atoms with van der Waals surface area (Å²) >= 11 is 1.13. The molecule has 3 aromatic rings. The van der Waals surface area contributed by atoms with Crippen molar-refractivity contribution >= 4 is 28.9 Å². The Labute approximate surface area is 168 Å². The van der Waals surface area contributed by atoms with Gasteiger partial charge in [0.05, 0.1) is 23.2 Å². The van der Waals surface area contributed by atoms with Gasteiger partial charge in [-0.05, 0) is 30.7 Å². The maximum atomic E-state index is 13.7. The van der Waals surface area contributed by atoms with Gasteiger partial charge in [-0.25, -0.2) is 13.2 Å². The summed E-state index contributed by atoms with van der Waals surface area (Å²) in [6.07, 6.45) is 1.05. The Morgan fingerprint density at radius 2 is 1.72 bits per heavy atom. The van der Waals surface area contributed by atoms with E-state index in [4.69, 9.17) is 5.73 Å². The summed E-state index contributed by atoms with van der Waals surface area (Å²) in [5.74, 6) is -2.13. The lowest BCUT2D eigenvalue weighted by Crippen LogP contribution is -1.95. The molecule has 0 aliphatic heterocycles. The Morgan fingerprint density at radius 3 is 2.34 bits per heavy atom. The highest BCUT2D eigenvalue weighted by Gasteiger charge is 2.17. The zero-order valence-corrected chi connectivity index (χ0v) is 16.2. The van der Waals surface area contributed by atoms with Crippen molar-refractivity contribution in [1.29, 1.82) is 0 Å². The van der Waals surface area contributed by atoms with Crippen LogP contribution in [0.4, 0.5) is 18.2 Å². The third kappa shape index (κ3) is 5.01. The average molecular weight is 423 g/mol. The van der Waals surface area contributed by atoms with Crippen LogP contribution in [0.2, 0.25) is 0 Å². The molecule has 0 bridgehead atoms. The summed E-state index contributed by atoms with van der Waals surface area (Å²) in [6, 6.07) is 6.49. The molecule has 29 heavy (non-hydrogen) atoms. The number of carbonyl (C=O) groups is 2. The van der Waals surface area contributed by atoms with Crippen LogP contribution >= 0.6 is 11.3 Å². The number of aryl methyl sites for hydroxylation is 1. The fourth-order valence-corrected chi connectivity index (χ4v) is 3.13. The largest absolute Gasteiger partial charge is 0.390 e. The molecule has 1 aromatic heterocycles. The van der Waals surface area contributed by atoms with Gasteiger partial charge in [-0.3, -0.25) is 9.59 Å². The Balaban J connectivity index is 0.000000221. The van der Waals surface area contributed by atoms with E-state index in [0.717, 1.165) is 17.4 Å². The predicted molar refractivity (Wildman–Crippen MR) is 104 cm³/mol. The van der Waals surface area contributed by atoms with E-state index in [1.165, 1.54) is 38.3 Å². The summed E-state index contributed by atoms with van der Waals surface area (Å²) in [6.45, 7) is 1.48. The SMILES string of the molecule is COOc1ccc(F)cc1C=O.Cc1ccc(-c2csc(N)c2C=O)c(F)c1F. The molecule has 0 atom stereocenters. The van der Waals surface area contributed by atoms with Crippen LogP contribution in [0.3, 0.4) is 0 Å². The van der Waals surface area contributed by atoms with Crippen molar-refractivity contribution in [2.45, 2.75) is 6.92 Å². The number of nitrogen functional groups attached to an aromatic ring is 1. The van der Waals surface area contributed by atoms with Crippen LogP contribution in [0.5, 0.6) is 5.75 Å². The molecule has 9 heteroatoms. The monoisotopic (exact) mass is 423 g/mol. The Morgan fingerprint density at radius 1 is 1.00 bits per heavy atom. The van der Waals surface area contributed by atoms with Crippen molar-refractivity contribution in [3.8, 4) is 16.9 Å². The Kier molecular flexibility index (Phi) is 7.52. The second kappa shape index (κ2) is 9.85. The van der Waals surface area contributed by atoms with Gasteiger partial charge in [0.25, 0.3) is 0 Å². The molecule has 2 N–H and O–H groups in total. The number of benzene rings is 2. The van der Waals surface area contributed by atoms with Crippen LogP contribution in [-0.2, 0) is 4.89 Å². The van der Waals surface area contributed by atoms with E-state index in [1.54, 1.807) is 5.38 Å². The Bertz CT molecular complexity index is 1040. The molecule has 0 aliphatic rings. The lowest BCUT2D eigenvalue weighted by Gasteiger charge is -2.05. The summed E-state index contributed by atoms with van der Waals surface area (Å²) in [7, 11) is 1.30. The molecule has 0 amide bonds. The minimum absolute atomic E-state index is 0.0585. The molecule has 1 heterocycles. The van der Waals surface area contributed by atoms with Crippen molar-refractivity contribution in [1.82, 2.24) is 0 Å². The number of halogens is 3. The van der Waals surface area contributed by atoms with Crippen LogP contribution in [0.15, 0.2) is 35.7 Å². The Hall–Kier alpha value is -3.17. The van der Waals surface area contributed by atoms with Crippen molar-refractivity contribution in [3.63, 3.8) is 0 Å². The number of nitrogens with two attached hydrogens (primary N) is 1.